The summed E-state index contributed by atoms with van der Waals surface area (Å²) in [6.07, 6.45) is 5.09. The van der Waals surface area contributed by atoms with Crippen molar-refractivity contribution >= 4 is 0 Å². The maximum atomic E-state index is 5.60. The maximum Gasteiger partial charge on any atom is 0.234 e. The second kappa shape index (κ2) is 5.56. The third-order valence-corrected chi connectivity index (χ3v) is 4.46. The first kappa shape index (κ1) is 14.2. The molecule has 1 N–H and O–H groups in total. The summed E-state index contributed by atoms with van der Waals surface area (Å²) in [5.74, 6) is 1.34. The Morgan fingerprint density at radius 1 is 1.38 bits per heavy atom. The van der Waals surface area contributed by atoms with Crippen LogP contribution in [0.5, 0.6) is 0 Å². The topological polar surface area (TPSA) is 63.8 Å². The van der Waals surface area contributed by atoms with E-state index in [1.165, 1.54) is 0 Å². The predicted molar refractivity (Wildman–Crippen MR) is 81.1 cm³/mol. The Bertz CT molecular complexity index is 629. The average molecular weight is 286 g/mol. The van der Waals surface area contributed by atoms with Gasteiger partial charge in [-0.1, -0.05) is 18.1 Å². The number of aryl methyl sites for hydroxylation is 2. The minimum absolute atomic E-state index is 0.0257. The third kappa shape index (κ3) is 2.58. The minimum atomic E-state index is -0.0257. The lowest BCUT2D eigenvalue weighted by Crippen LogP contribution is -2.43. The van der Waals surface area contributed by atoms with Crippen LogP contribution in [0.4, 0.5) is 0 Å². The molecule has 0 aliphatic carbocycles. The van der Waals surface area contributed by atoms with Crippen LogP contribution in [0.1, 0.15) is 43.2 Å². The zero-order chi connectivity index (χ0) is 14.9. The van der Waals surface area contributed by atoms with Gasteiger partial charge in [-0.2, -0.15) is 4.98 Å². The van der Waals surface area contributed by atoms with Crippen LogP contribution in [-0.4, -0.2) is 28.2 Å². The summed E-state index contributed by atoms with van der Waals surface area (Å²) in [5, 5.41) is 7.62. The number of pyridine rings is 1. The van der Waals surface area contributed by atoms with Crippen molar-refractivity contribution in [1.82, 2.24) is 20.4 Å². The largest absolute Gasteiger partial charge is 0.338 e. The molecule has 0 spiro atoms. The van der Waals surface area contributed by atoms with E-state index in [1.807, 2.05) is 20.0 Å². The van der Waals surface area contributed by atoms with Gasteiger partial charge >= 0.3 is 0 Å². The van der Waals surface area contributed by atoms with Gasteiger partial charge in [0.2, 0.25) is 11.7 Å². The van der Waals surface area contributed by atoms with Gasteiger partial charge in [0.05, 0.1) is 5.41 Å². The first-order valence-electron chi connectivity index (χ1n) is 7.63. The highest BCUT2D eigenvalue weighted by atomic mass is 16.5. The number of nitrogens with one attached hydrogen (secondary N) is 1. The fourth-order valence-electron chi connectivity index (χ4n) is 3.09. The second-order valence-electron chi connectivity index (χ2n) is 6.02. The van der Waals surface area contributed by atoms with E-state index in [-0.39, 0.29) is 5.41 Å². The highest BCUT2D eigenvalue weighted by Crippen LogP contribution is 2.34. The van der Waals surface area contributed by atoms with Crippen molar-refractivity contribution in [3.05, 3.63) is 29.3 Å². The number of nitrogens with zero attached hydrogens (tertiary/aromatic N) is 3. The van der Waals surface area contributed by atoms with Crippen LogP contribution in [0.2, 0.25) is 0 Å². The van der Waals surface area contributed by atoms with E-state index in [0.29, 0.717) is 5.82 Å². The van der Waals surface area contributed by atoms with E-state index >= 15 is 0 Å². The van der Waals surface area contributed by atoms with Crippen molar-refractivity contribution in [3.8, 4) is 11.5 Å². The minimum Gasteiger partial charge on any atom is -0.338 e. The number of rotatable bonds is 3. The van der Waals surface area contributed by atoms with Crippen LogP contribution < -0.4 is 5.32 Å². The second-order valence-corrected chi connectivity index (χ2v) is 6.02. The molecule has 112 valence electrons. The Morgan fingerprint density at radius 3 is 2.90 bits per heavy atom. The summed E-state index contributed by atoms with van der Waals surface area (Å²) in [7, 11) is 0. The van der Waals surface area contributed by atoms with Gasteiger partial charge in [0.15, 0.2) is 0 Å². The SMILES string of the molecule is CCC1(c2nc(-c3ncc(C)cc3C)no2)CCCNC1. The Labute approximate surface area is 125 Å². The van der Waals surface area contributed by atoms with Gasteiger partial charge in [-0.05, 0) is 50.8 Å². The number of hydrogen-bond donors (Lipinski definition) is 1. The number of hydrogen-bond acceptors (Lipinski definition) is 5. The van der Waals surface area contributed by atoms with Crippen molar-refractivity contribution in [2.24, 2.45) is 0 Å². The molecule has 0 aromatic carbocycles. The highest BCUT2D eigenvalue weighted by molar-refractivity contribution is 5.54. The monoisotopic (exact) mass is 286 g/mol. The lowest BCUT2D eigenvalue weighted by atomic mass is 9.78. The molecule has 2 aromatic rings. The van der Waals surface area contributed by atoms with E-state index in [2.05, 4.69) is 33.4 Å². The summed E-state index contributed by atoms with van der Waals surface area (Å²) in [6, 6.07) is 2.09. The first-order valence-corrected chi connectivity index (χ1v) is 7.63. The lowest BCUT2D eigenvalue weighted by Gasteiger charge is -2.33. The molecule has 0 bridgehead atoms. The fraction of sp³-hybridized carbons (Fsp3) is 0.562. The molecule has 1 saturated heterocycles. The van der Waals surface area contributed by atoms with Gasteiger partial charge in [0.25, 0.3) is 0 Å². The zero-order valence-electron chi connectivity index (χ0n) is 12.9. The van der Waals surface area contributed by atoms with Gasteiger partial charge in [-0.25, -0.2) is 0 Å². The molecule has 5 nitrogen and oxygen atoms in total. The first-order chi connectivity index (χ1) is 10.1. The molecular formula is C16H22N4O. The van der Waals surface area contributed by atoms with Crippen molar-refractivity contribution in [2.75, 3.05) is 13.1 Å². The van der Waals surface area contributed by atoms with E-state index in [4.69, 9.17) is 4.52 Å². The van der Waals surface area contributed by atoms with Crippen molar-refractivity contribution in [1.29, 1.82) is 0 Å². The predicted octanol–water partition coefficient (Wildman–Crippen LogP) is 2.78. The highest BCUT2D eigenvalue weighted by Gasteiger charge is 2.37. The average Bonchev–Trinajstić information content (AvgIpc) is 2.98. The van der Waals surface area contributed by atoms with Crippen molar-refractivity contribution < 1.29 is 4.52 Å². The molecule has 3 rings (SSSR count). The van der Waals surface area contributed by atoms with Crippen LogP contribution in [-0.2, 0) is 5.41 Å². The van der Waals surface area contributed by atoms with Crippen LogP contribution in [0.15, 0.2) is 16.8 Å². The molecule has 3 heterocycles. The molecule has 0 amide bonds. The van der Waals surface area contributed by atoms with Crippen molar-refractivity contribution in [2.45, 2.75) is 45.4 Å². The standard InChI is InChI=1S/C16H22N4O/c1-4-16(6-5-7-17-10-16)15-19-14(20-21-15)13-12(3)8-11(2)9-18-13/h8-9,17H,4-7,10H2,1-3H3. The van der Waals surface area contributed by atoms with E-state index < -0.39 is 0 Å². The fourth-order valence-corrected chi connectivity index (χ4v) is 3.09. The molecule has 5 heteroatoms. The molecule has 0 saturated carbocycles. The molecule has 21 heavy (non-hydrogen) atoms. The summed E-state index contributed by atoms with van der Waals surface area (Å²) in [6.45, 7) is 8.23. The third-order valence-electron chi connectivity index (χ3n) is 4.46. The van der Waals surface area contributed by atoms with Crippen LogP contribution in [0, 0.1) is 13.8 Å². The Morgan fingerprint density at radius 2 is 2.24 bits per heavy atom. The molecule has 2 aromatic heterocycles. The number of aromatic nitrogens is 3. The Balaban J connectivity index is 1.95. The van der Waals surface area contributed by atoms with E-state index in [1.54, 1.807) is 0 Å². The molecule has 1 aliphatic heterocycles. The van der Waals surface area contributed by atoms with Gasteiger partial charge in [-0.15, -0.1) is 0 Å². The molecule has 1 unspecified atom stereocenters. The van der Waals surface area contributed by atoms with Gasteiger partial charge < -0.3 is 9.84 Å². The van der Waals surface area contributed by atoms with Gasteiger partial charge in [0, 0.05) is 12.7 Å². The normalized spacial score (nSPS) is 22.4. The zero-order valence-corrected chi connectivity index (χ0v) is 12.9. The van der Waals surface area contributed by atoms with Gasteiger partial charge in [0.1, 0.15) is 5.69 Å². The van der Waals surface area contributed by atoms with Crippen LogP contribution in [0.3, 0.4) is 0 Å². The van der Waals surface area contributed by atoms with E-state index in [9.17, 15) is 0 Å². The summed E-state index contributed by atoms with van der Waals surface area (Å²) in [4.78, 5) is 9.11. The quantitative estimate of drug-likeness (QED) is 0.940. The molecule has 0 radical (unpaired) electrons. The van der Waals surface area contributed by atoms with Crippen LogP contribution in [0.25, 0.3) is 11.5 Å². The van der Waals surface area contributed by atoms with Gasteiger partial charge in [-0.3, -0.25) is 4.98 Å². The summed E-state index contributed by atoms with van der Waals surface area (Å²) >= 11 is 0. The lowest BCUT2D eigenvalue weighted by molar-refractivity contribution is 0.221. The molecule has 1 atom stereocenters. The summed E-state index contributed by atoms with van der Waals surface area (Å²) < 4.78 is 5.60. The molecule has 1 aliphatic rings. The van der Waals surface area contributed by atoms with Crippen LogP contribution >= 0.6 is 0 Å². The van der Waals surface area contributed by atoms with Crippen molar-refractivity contribution in [3.63, 3.8) is 0 Å². The molecular weight excluding hydrogens is 264 g/mol. The van der Waals surface area contributed by atoms with E-state index in [0.717, 1.165) is 55.1 Å². The molecule has 1 fully saturated rings. The maximum absolute atomic E-state index is 5.60. The summed E-state index contributed by atoms with van der Waals surface area (Å²) in [5.41, 5.74) is 3.00. The Kier molecular flexibility index (Phi) is 3.76. The number of piperidine rings is 1. The Hall–Kier alpha value is -1.75. The smallest absolute Gasteiger partial charge is 0.234 e.